The minimum Gasteiger partial charge on any atom is -0.289 e. The number of ketones is 1. The van der Waals surface area contributed by atoms with Gasteiger partial charge >= 0.3 is 0 Å². The van der Waals surface area contributed by atoms with Crippen LogP contribution in [0, 0.1) is 13.8 Å². The first-order valence-electron chi connectivity index (χ1n) is 6.88. The van der Waals surface area contributed by atoms with Crippen molar-refractivity contribution in [2.24, 2.45) is 0 Å². The zero-order valence-electron chi connectivity index (χ0n) is 12.0. The van der Waals surface area contributed by atoms with Crippen molar-refractivity contribution in [1.29, 1.82) is 0 Å². The molecule has 21 heavy (non-hydrogen) atoms. The van der Waals surface area contributed by atoms with Gasteiger partial charge in [0.15, 0.2) is 5.78 Å². The van der Waals surface area contributed by atoms with Crippen LogP contribution >= 0.6 is 11.6 Å². The largest absolute Gasteiger partial charge is 0.289 e. The number of hydrogen-bond acceptors (Lipinski definition) is 1. The van der Waals surface area contributed by atoms with E-state index in [1.54, 1.807) is 6.07 Å². The van der Waals surface area contributed by atoms with E-state index in [1.807, 2.05) is 55.5 Å². The molecule has 3 rings (SSSR count). The van der Waals surface area contributed by atoms with Gasteiger partial charge in [0.1, 0.15) is 0 Å². The summed E-state index contributed by atoms with van der Waals surface area (Å²) in [5, 5.41) is 2.61. The van der Waals surface area contributed by atoms with Crippen molar-refractivity contribution in [3.8, 4) is 0 Å². The molecule has 0 N–H and O–H groups in total. The smallest absolute Gasteiger partial charge is 0.195 e. The molecule has 0 aromatic heterocycles. The zero-order chi connectivity index (χ0) is 15.0. The maximum Gasteiger partial charge on any atom is 0.195 e. The van der Waals surface area contributed by atoms with Crippen LogP contribution in [0.4, 0.5) is 0 Å². The highest BCUT2D eigenvalue weighted by molar-refractivity contribution is 6.36. The Morgan fingerprint density at radius 2 is 1.48 bits per heavy atom. The maximum absolute atomic E-state index is 12.9. The van der Waals surface area contributed by atoms with Crippen molar-refractivity contribution in [3.05, 3.63) is 81.9 Å². The van der Waals surface area contributed by atoms with E-state index in [0.29, 0.717) is 16.1 Å². The van der Waals surface area contributed by atoms with Crippen LogP contribution in [-0.2, 0) is 0 Å². The van der Waals surface area contributed by atoms with Crippen molar-refractivity contribution in [2.75, 3.05) is 0 Å². The van der Waals surface area contributed by atoms with Crippen molar-refractivity contribution < 1.29 is 4.79 Å². The predicted molar refractivity (Wildman–Crippen MR) is 88.3 cm³/mol. The summed E-state index contributed by atoms with van der Waals surface area (Å²) in [7, 11) is 0. The highest BCUT2D eigenvalue weighted by Gasteiger charge is 2.16. The van der Waals surface area contributed by atoms with Gasteiger partial charge in [0, 0.05) is 11.1 Å². The Morgan fingerprint density at radius 3 is 2.24 bits per heavy atom. The molecule has 0 saturated carbocycles. The fraction of sp³-hybridized carbons (Fsp3) is 0.105. The lowest BCUT2D eigenvalue weighted by Crippen LogP contribution is -2.04. The van der Waals surface area contributed by atoms with Gasteiger partial charge in [-0.1, -0.05) is 60.1 Å². The summed E-state index contributed by atoms with van der Waals surface area (Å²) >= 11 is 6.30. The lowest BCUT2D eigenvalue weighted by atomic mass is 9.94. The Kier molecular flexibility index (Phi) is 3.52. The van der Waals surface area contributed by atoms with Gasteiger partial charge in [-0.3, -0.25) is 4.79 Å². The summed E-state index contributed by atoms with van der Waals surface area (Å²) in [6.07, 6.45) is 0. The molecule has 3 aromatic carbocycles. The van der Waals surface area contributed by atoms with Crippen molar-refractivity contribution in [3.63, 3.8) is 0 Å². The number of halogens is 1. The molecule has 0 heterocycles. The molecular weight excluding hydrogens is 280 g/mol. The van der Waals surface area contributed by atoms with Crippen molar-refractivity contribution >= 4 is 28.2 Å². The third kappa shape index (κ3) is 2.34. The van der Waals surface area contributed by atoms with Crippen LogP contribution in [0.2, 0.25) is 5.02 Å². The maximum atomic E-state index is 12.9. The van der Waals surface area contributed by atoms with Gasteiger partial charge < -0.3 is 0 Å². The Labute approximate surface area is 129 Å². The normalized spacial score (nSPS) is 10.8. The fourth-order valence-electron chi connectivity index (χ4n) is 2.62. The number of carbonyl (C=O) groups excluding carboxylic acids is 1. The van der Waals surface area contributed by atoms with E-state index in [2.05, 4.69) is 6.92 Å². The second-order valence-electron chi connectivity index (χ2n) is 5.24. The minimum absolute atomic E-state index is 0.0279. The first kappa shape index (κ1) is 13.8. The standard InChI is InChI=1S/C19H15ClO/c1-12-10-11-16(15-8-4-3-7-14(12)15)19(21)17-9-5-6-13(2)18(17)20/h3-11H,1-2H3. The fourth-order valence-corrected chi connectivity index (χ4v) is 2.83. The first-order valence-corrected chi connectivity index (χ1v) is 7.25. The van der Waals surface area contributed by atoms with E-state index in [0.717, 1.165) is 21.9 Å². The highest BCUT2D eigenvalue weighted by atomic mass is 35.5. The van der Waals surface area contributed by atoms with Gasteiger partial charge in [-0.05, 0) is 41.8 Å². The van der Waals surface area contributed by atoms with Crippen LogP contribution in [0.15, 0.2) is 54.6 Å². The number of hydrogen-bond donors (Lipinski definition) is 0. The van der Waals surface area contributed by atoms with Crippen LogP contribution in [0.3, 0.4) is 0 Å². The van der Waals surface area contributed by atoms with Gasteiger partial charge in [0.05, 0.1) is 5.02 Å². The molecule has 0 radical (unpaired) electrons. The zero-order valence-corrected chi connectivity index (χ0v) is 12.7. The molecule has 0 saturated heterocycles. The molecule has 0 atom stereocenters. The minimum atomic E-state index is -0.0279. The van der Waals surface area contributed by atoms with E-state index in [9.17, 15) is 4.79 Å². The molecule has 0 unspecified atom stereocenters. The molecule has 0 aliphatic heterocycles. The molecule has 104 valence electrons. The second-order valence-corrected chi connectivity index (χ2v) is 5.62. The number of carbonyl (C=O) groups is 1. The molecule has 0 amide bonds. The van der Waals surface area contributed by atoms with Crippen LogP contribution in [0.1, 0.15) is 27.0 Å². The molecule has 0 aliphatic carbocycles. The second kappa shape index (κ2) is 5.34. The third-order valence-corrected chi connectivity index (χ3v) is 4.32. The average Bonchev–Trinajstić information content (AvgIpc) is 2.50. The molecule has 0 spiro atoms. The molecular formula is C19H15ClO. The average molecular weight is 295 g/mol. The Balaban J connectivity index is 2.23. The van der Waals surface area contributed by atoms with Gasteiger partial charge in [-0.2, -0.15) is 0 Å². The SMILES string of the molecule is Cc1cccc(C(=O)c2ccc(C)c3ccccc23)c1Cl. The van der Waals surface area contributed by atoms with Crippen LogP contribution in [-0.4, -0.2) is 5.78 Å². The lowest BCUT2D eigenvalue weighted by molar-refractivity contribution is 0.104. The van der Waals surface area contributed by atoms with Crippen molar-refractivity contribution in [1.82, 2.24) is 0 Å². The van der Waals surface area contributed by atoms with E-state index < -0.39 is 0 Å². The summed E-state index contributed by atoms with van der Waals surface area (Å²) in [6.45, 7) is 3.96. The quantitative estimate of drug-likeness (QED) is 0.583. The predicted octanol–water partition coefficient (Wildman–Crippen LogP) is 5.34. The first-order chi connectivity index (χ1) is 10.1. The Hall–Kier alpha value is -2.12. The van der Waals surface area contributed by atoms with Crippen LogP contribution in [0.25, 0.3) is 10.8 Å². The molecule has 2 heteroatoms. The molecule has 0 fully saturated rings. The van der Waals surface area contributed by atoms with Gasteiger partial charge in [-0.25, -0.2) is 0 Å². The lowest BCUT2D eigenvalue weighted by Gasteiger charge is -2.10. The van der Waals surface area contributed by atoms with Gasteiger partial charge in [-0.15, -0.1) is 0 Å². The molecule has 0 bridgehead atoms. The van der Waals surface area contributed by atoms with E-state index in [4.69, 9.17) is 11.6 Å². The Bertz CT molecular complexity index is 849. The number of aryl methyl sites for hydroxylation is 2. The summed E-state index contributed by atoms with van der Waals surface area (Å²) in [5.41, 5.74) is 3.34. The van der Waals surface area contributed by atoms with Gasteiger partial charge in [0.25, 0.3) is 0 Å². The molecule has 0 aliphatic rings. The van der Waals surface area contributed by atoms with Crippen LogP contribution in [0.5, 0.6) is 0 Å². The van der Waals surface area contributed by atoms with E-state index in [-0.39, 0.29) is 5.78 Å². The van der Waals surface area contributed by atoms with Crippen LogP contribution < -0.4 is 0 Å². The third-order valence-electron chi connectivity index (χ3n) is 3.82. The number of benzene rings is 3. The summed E-state index contributed by atoms with van der Waals surface area (Å²) in [5.74, 6) is -0.0279. The topological polar surface area (TPSA) is 17.1 Å². The highest BCUT2D eigenvalue weighted by Crippen LogP contribution is 2.28. The van der Waals surface area contributed by atoms with Crippen molar-refractivity contribution in [2.45, 2.75) is 13.8 Å². The summed E-state index contributed by atoms with van der Waals surface area (Å²) < 4.78 is 0. The van der Waals surface area contributed by atoms with E-state index in [1.165, 1.54) is 0 Å². The number of rotatable bonds is 2. The Morgan fingerprint density at radius 1 is 0.762 bits per heavy atom. The molecule has 3 aromatic rings. The monoisotopic (exact) mass is 294 g/mol. The molecule has 1 nitrogen and oxygen atoms in total. The summed E-state index contributed by atoms with van der Waals surface area (Å²) in [6, 6.07) is 17.4. The summed E-state index contributed by atoms with van der Waals surface area (Å²) in [4.78, 5) is 12.9. The van der Waals surface area contributed by atoms with Gasteiger partial charge in [0.2, 0.25) is 0 Å². The van der Waals surface area contributed by atoms with E-state index >= 15 is 0 Å². The number of fused-ring (bicyclic) bond motifs is 1.